The molecule has 0 aliphatic rings. The minimum absolute atomic E-state index is 0.138. The third-order valence-electron chi connectivity index (χ3n) is 2.71. The standard InChI is InChI=1S/C11H11N5O/c1-7-3-13-16-6-9(14-11(17)10(7)16)8-4-12-15(2)5-8/h3-6H,1-2H3,(H,14,17). The first kappa shape index (κ1) is 9.83. The number of aromatic amines is 1. The molecule has 3 rings (SSSR count). The van der Waals surface area contributed by atoms with Crippen LogP contribution in [0.3, 0.4) is 0 Å². The summed E-state index contributed by atoms with van der Waals surface area (Å²) < 4.78 is 3.28. The first-order chi connectivity index (χ1) is 8.15. The summed E-state index contributed by atoms with van der Waals surface area (Å²) in [5.41, 5.74) is 2.88. The molecule has 86 valence electrons. The largest absolute Gasteiger partial charge is 0.319 e. The Morgan fingerprint density at radius 2 is 2.06 bits per heavy atom. The molecule has 0 radical (unpaired) electrons. The van der Waals surface area contributed by atoms with E-state index >= 15 is 0 Å². The first-order valence-corrected chi connectivity index (χ1v) is 5.21. The van der Waals surface area contributed by atoms with Gasteiger partial charge >= 0.3 is 0 Å². The molecule has 0 atom stereocenters. The van der Waals surface area contributed by atoms with Crippen LogP contribution in [0.1, 0.15) is 5.56 Å². The molecule has 0 saturated carbocycles. The summed E-state index contributed by atoms with van der Waals surface area (Å²) in [6.07, 6.45) is 7.01. The van der Waals surface area contributed by atoms with Crippen molar-refractivity contribution in [3.05, 3.63) is 40.7 Å². The molecule has 6 heteroatoms. The van der Waals surface area contributed by atoms with Gasteiger partial charge in [-0.1, -0.05) is 0 Å². The van der Waals surface area contributed by atoms with Crippen LogP contribution in [0.4, 0.5) is 0 Å². The predicted molar refractivity (Wildman–Crippen MR) is 62.8 cm³/mol. The van der Waals surface area contributed by atoms with E-state index < -0.39 is 0 Å². The van der Waals surface area contributed by atoms with Crippen molar-refractivity contribution in [2.75, 3.05) is 0 Å². The number of nitrogens with one attached hydrogen (secondary N) is 1. The third-order valence-corrected chi connectivity index (χ3v) is 2.71. The highest BCUT2D eigenvalue weighted by Gasteiger charge is 2.08. The normalized spacial score (nSPS) is 11.2. The van der Waals surface area contributed by atoms with Crippen LogP contribution in [-0.4, -0.2) is 24.4 Å². The van der Waals surface area contributed by atoms with E-state index in [4.69, 9.17) is 0 Å². The highest BCUT2D eigenvalue weighted by Crippen LogP contribution is 2.14. The number of nitrogens with zero attached hydrogens (tertiary/aromatic N) is 4. The number of H-pyrrole nitrogens is 1. The molecule has 0 amide bonds. The zero-order valence-corrected chi connectivity index (χ0v) is 9.51. The van der Waals surface area contributed by atoms with Gasteiger partial charge in [-0.2, -0.15) is 10.2 Å². The monoisotopic (exact) mass is 229 g/mol. The number of aromatic nitrogens is 5. The van der Waals surface area contributed by atoms with E-state index in [1.165, 1.54) is 0 Å². The van der Waals surface area contributed by atoms with Crippen LogP contribution < -0.4 is 5.56 Å². The van der Waals surface area contributed by atoms with Crippen molar-refractivity contribution < 1.29 is 0 Å². The maximum Gasteiger partial charge on any atom is 0.274 e. The zero-order valence-electron chi connectivity index (χ0n) is 9.51. The van der Waals surface area contributed by atoms with Crippen molar-refractivity contribution >= 4 is 5.52 Å². The van der Waals surface area contributed by atoms with Crippen molar-refractivity contribution in [3.8, 4) is 11.3 Å². The highest BCUT2D eigenvalue weighted by molar-refractivity contribution is 5.60. The van der Waals surface area contributed by atoms with E-state index in [-0.39, 0.29) is 5.56 Å². The predicted octanol–water partition coefficient (Wildman–Crippen LogP) is 0.732. The van der Waals surface area contributed by atoms with Crippen molar-refractivity contribution in [3.63, 3.8) is 0 Å². The third kappa shape index (κ3) is 1.45. The van der Waals surface area contributed by atoms with E-state index in [0.717, 1.165) is 11.1 Å². The van der Waals surface area contributed by atoms with Gasteiger partial charge in [0.2, 0.25) is 0 Å². The molecular formula is C11H11N5O. The van der Waals surface area contributed by atoms with Gasteiger partial charge in [0.25, 0.3) is 5.56 Å². The van der Waals surface area contributed by atoms with Crippen molar-refractivity contribution in [2.24, 2.45) is 7.05 Å². The summed E-state index contributed by atoms with van der Waals surface area (Å²) in [5, 5.41) is 8.21. The minimum atomic E-state index is -0.138. The van der Waals surface area contributed by atoms with E-state index in [2.05, 4.69) is 15.2 Å². The van der Waals surface area contributed by atoms with Gasteiger partial charge in [0.1, 0.15) is 5.52 Å². The Labute approximate surface area is 96.5 Å². The van der Waals surface area contributed by atoms with Gasteiger partial charge in [-0.25, -0.2) is 4.52 Å². The molecule has 0 unspecified atom stereocenters. The molecule has 0 fully saturated rings. The SMILES string of the molecule is Cc1cnn2cc(-c3cnn(C)c3)[nH]c(=O)c12. The molecule has 3 aromatic heterocycles. The maximum atomic E-state index is 11.9. The summed E-state index contributed by atoms with van der Waals surface area (Å²) in [6.45, 7) is 1.86. The molecule has 3 aromatic rings. The molecule has 0 saturated heterocycles. The molecule has 0 aliphatic carbocycles. The van der Waals surface area contributed by atoms with Crippen LogP contribution in [-0.2, 0) is 7.05 Å². The number of hydrogen-bond donors (Lipinski definition) is 1. The Kier molecular flexibility index (Phi) is 1.91. The van der Waals surface area contributed by atoms with Crippen LogP contribution >= 0.6 is 0 Å². The lowest BCUT2D eigenvalue weighted by Gasteiger charge is -1.99. The van der Waals surface area contributed by atoms with E-state index in [1.54, 1.807) is 27.8 Å². The maximum absolute atomic E-state index is 11.9. The van der Waals surface area contributed by atoms with Crippen LogP contribution in [0.25, 0.3) is 16.8 Å². The number of rotatable bonds is 1. The zero-order chi connectivity index (χ0) is 12.0. The Bertz CT molecular complexity index is 749. The summed E-state index contributed by atoms with van der Waals surface area (Å²) >= 11 is 0. The van der Waals surface area contributed by atoms with Gasteiger partial charge in [-0.3, -0.25) is 9.48 Å². The summed E-state index contributed by atoms with van der Waals surface area (Å²) in [6, 6.07) is 0. The van der Waals surface area contributed by atoms with Crippen LogP contribution in [0.15, 0.2) is 29.6 Å². The Hall–Kier alpha value is -2.37. The second-order valence-electron chi connectivity index (χ2n) is 4.02. The molecule has 0 aliphatic heterocycles. The van der Waals surface area contributed by atoms with Gasteiger partial charge in [0, 0.05) is 24.4 Å². The molecule has 3 heterocycles. The second-order valence-corrected chi connectivity index (χ2v) is 4.02. The smallest absolute Gasteiger partial charge is 0.274 e. The lowest BCUT2D eigenvalue weighted by atomic mass is 10.2. The van der Waals surface area contributed by atoms with Gasteiger partial charge in [0.15, 0.2) is 0 Å². The number of aryl methyl sites for hydroxylation is 2. The molecule has 0 aromatic carbocycles. The molecule has 6 nitrogen and oxygen atoms in total. The van der Waals surface area contributed by atoms with Gasteiger partial charge < -0.3 is 4.98 Å². The van der Waals surface area contributed by atoms with Crippen LogP contribution in [0.2, 0.25) is 0 Å². The Balaban J connectivity index is 2.29. The molecule has 17 heavy (non-hydrogen) atoms. The topological polar surface area (TPSA) is 68.0 Å². The number of hydrogen-bond acceptors (Lipinski definition) is 3. The summed E-state index contributed by atoms with van der Waals surface area (Å²) in [5.74, 6) is 0. The molecule has 0 spiro atoms. The molecular weight excluding hydrogens is 218 g/mol. The lowest BCUT2D eigenvalue weighted by Crippen LogP contribution is -2.11. The second kappa shape index (κ2) is 3.31. The van der Waals surface area contributed by atoms with E-state index in [1.807, 2.05) is 20.2 Å². The molecule has 1 N–H and O–H groups in total. The fourth-order valence-corrected chi connectivity index (χ4v) is 1.87. The van der Waals surface area contributed by atoms with Crippen LogP contribution in [0, 0.1) is 6.92 Å². The van der Waals surface area contributed by atoms with E-state index in [9.17, 15) is 4.79 Å². The fraction of sp³-hybridized carbons (Fsp3) is 0.182. The van der Waals surface area contributed by atoms with Crippen molar-refractivity contribution in [1.29, 1.82) is 0 Å². The summed E-state index contributed by atoms with van der Waals surface area (Å²) in [7, 11) is 1.83. The van der Waals surface area contributed by atoms with Crippen molar-refractivity contribution in [2.45, 2.75) is 6.92 Å². The average molecular weight is 229 g/mol. The Morgan fingerprint density at radius 3 is 2.76 bits per heavy atom. The molecule has 0 bridgehead atoms. The van der Waals surface area contributed by atoms with Gasteiger partial charge in [0.05, 0.1) is 24.3 Å². The minimum Gasteiger partial charge on any atom is -0.319 e. The lowest BCUT2D eigenvalue weighted by molar-refractivity contribution is 0.768. The summed E-state index contributed by atoms with van der Waals surface area (Å²) in [4.78, 5) is 14.8. The van der Waals surface area contributed by atoms with Gasteiger partial charge in [-0.05, 0) is 6.92 Å². The first-order valence-electron chi connectivity index (χ1n) is 5.21. The van der Waals surface area contributed by atoms with Crippen LogP contribution in [0.5, 0.6) is 0 Å². The Morgan fingerprint density at radius 1 is 1.24 bits per heavy atom. The quantitative estimate of drug-likeness (QED) is 0.669. The average Bonchev–Trinajstić information content (AvgIpc) is 2.86. The van der Waals surface area contributed by atoms with Crippen molar-refractivity contribution in [1.82, 2.24) is 24.4 Å². The fourth-order valence-electron chi connectivity index (χ4n) is 1.87. The number of fused-ring (bicyclic) bond motifs is 1. The van der Waals surface area contributed by atoms with Gasteiger partial charge in [-0.15, -0.1) is 0 Å². The highest BCUT2D eigenvalue weighted by atomic mass is 16.1. The van der Waals surface area contributed by atoms with E-state index in [0.29, 0.717) is 11.2 Å².